The van der Waals surface area contributed by atoms with Gasteiger partial charge in [-0.3, -0.25) is 9.59 Å². The van der Waals surface area contributed by atoms with Crippen molar-refractivity contribution in [2.75, 3.05) is 16.9 Å². The monoisotopic (exact) mass is 330 g/mol. The van der Waals surface area contributed by atoms with E-state index < -0.39 is 6.04 Å². The van der Waals surface area contributed by atoms with Gasteiger partial charge in [0.2, 0.25) is 5.91 Å². The summed E-state index contributed by atoms with van der Waals surface area (Å²) >= 11 is 1.57. The van der Waals surface area contributed by atoms with Crippen LogP contribution < -0.4 is 5.32 Å². The van der Waals surface area contributed by atoms with Crippen LogP contribution >= 0.6 is 11.8 Å². The molecule has 5 nitrogen and oxygen atoms in total. The second-order valence-corrected chi connectivity index (χ2v) is 6.59. The van der Waals surface area contributed by atoms with Gasteiger partial charge in [-0.15, -0.1) is 11.8 Å². The number of furan rings is 1. The topological polar surface area (TPSA) is 62.6 Å². The fraction of sp³-hybridized carbons (Fsp3) is 0.294. The number of rotatable bonds is 3. The summed E-state index contributed by atoms with van der Waals surface area (Å²) < 4.78 is 4.96. The molecular formula is C17H18N2O3S. The predicted octanol–water partition coefficient (Wildman–Crippen LogP) is 3.05. The minimum absolute atomic E-state index is 0.157. The maximum absolute atomic E-state index is 12.6. The second kappa shape index (κ2) is 6.50. The molecule has 1 fully saturated rings. The van der Waals surface area contributed by atoms with Gasteiger partial charge in [-0.25, -0.2) is 0 Å². The molecule has 3 rings (SSSR count). The Morgan fingerprint density at radius 1 is 1.26 bits per heavy atom. The zero-order chi connectivity index (χ0) is 16.4. The van der Waals surface area contributed by atoms with E-state index in [1.54, 1.807) is 22.7 Å². The largest absolute Gasteiger partial charge is 0.472 e. The Kier molecular flexibility index (Phi) is 4.43. The van der Waals surface area contributed by atoms with E-state index in [2.05, 4.69) is 5.32 Å². The van der Waals surface area contributed by atoms with Crippen LogP contribution in [-0.2, 0) is 4.79 Å². The lowest BCUT2D eigenvalue weighted by atomic mass is 10.1. The van der Waals surface area contributed by atoms with E-state index >= 15 is 0 Å². The van der Waals surface area contributed by atoms with Gasteiger partial charge in [0.05, 0.1) is 17.7 Å². The number of thioether (sulfide) groups is 1. The zero-order valence-corrected chi connectivity index (χ0v) is 13.9. The number of hydrogen-bond donors (Lipinski definition) is 1. The standard InChI is InChI=1S/C17H18N2O3S/c1-11-3-4-14(7-12(11)2)18-16(20)15-9-23-10-19(15)17(21)13-5-6-22-8-13/h3-8,15H,9-10H2,1-2H3,(H,18,20). The van der Waals surface area contributed by atoms with E-state index in [4.69, 9.17) is 4.42 Å². The Hall–Kier alpha value is -2.21. The summed E-state index contributed by atoms with van der Waals surface area (Å²) in [5.74, 6) is 0.772. The average molecular weight is 330 g/mol. The van der Waals surface area contributed by atoms with Gasteiger partial charge in [0.15, 0.2) is 0 Å². The van der Waals surface area contributed by atoms with E-state index in [1.807, 2.05) is 32.0 Å². The molecule has 1 aliphatic rings. The highest BCUT2D eigenvalue weighted by atomic mass is 32.2. The van der Waals surface area contributed by atoms with Gasteiger partial charge in [-0.1, -0.05) is 6.07 Å². The van der Waals surface area contributed by atoms with E-state index in [0.717, 1.165) is 11.3 Å². The van der Waals surface area contributed by atoms with Crippen molar-refractivity contribution in [2.24, 2.45) is 0 Å². The normalized spacial score (nSPS) is 17.3. The lowest BCUT2D eigenvalue weighted by Gasteiger charge is -2.22. The molecule has 0 spiro atoms. The van der Waals surface area contributed by atoms with Crippen LogP contribution in [0.1, 0.15) is 21.5 Å². The van der Waals surface area contributed by atoms with Gasteiger partial charge in [0.25, 0.3) is 5.91 Å². The Morgan fingerprint density at radius 3 is 2.78 bits per heavy atom. The Labute approximate surface area is 139 Å². The minimum atomic E-state index is -0.469. The SMILES string of the molecule is Cc1ccc(NC(=O)C2CSCN2C(=O)c2ccoc2)cc1C. The summed E-state index contributed by atoms with van der Waals surface area (Å²) in [5, 5.41) is 2.91. The molecule has 2 aromatic rings. The maximum Gasteiger partial charge on any atom is 0.258 e. The molecule has 1 aromatic heterocycles. The van der Waals surface area contributed by atoms with Crippen molar-refractivity contribution in [3.8, 4) is 0 Å². The van der Waals surface area contributed by atoms with Crippen molar-refractivity contribution in [3.63, 3.8) is 0 Å². The molecule has 0 aliphatic carbocycles. The number of anilines is 1. The molecule has 2 heterocycles. The van der Waals surface area contributed by atoms with Crippen LogP contribution in [0.15, 0.2) is 41.2 Å². The first kappa shape index (κ1) is 15.7. The molecule has 6 heteroatoms. The molecule has 23 heavy (non-hydrogen) atoms. The summed E-state index contributed by atoms with van der Waals surface area (Å²) in [7, 11) is 0. The van der Waals surface area contributed by atoms with Crippen molar-refractivity contribution in [1.29, 1.82) is 0 Å². The van der Waals surface area contributed by atoms with E-state index in [1.165, 1.54) is 18.1 Å². The lowest BCUT2D eigenvalue weighted by molar-refractivity contribution is -0.119. The molecule has 120 valence electrons. The highest BCUT2D eigenvalue weighted by Crippen LogP contribution is 2.25. The molecule has 1 aromatic carbocycles. The number of carbonyl (C=O) groups excluding carboxylic acids is 2. The highest BCUT2D eigenvalue weighted by molar-refractivity contribution is 7.99. The highest BCUT2D eigenvalue weighted by Gasteiger charge is 2.35. The number of nitrogens with one attached hydrogen (secondary N) is 1. The minimum Gasteiger partial charge on any atom is -0.472 e. The molecule has 0 radical (unpaired) electrons. The number of amides is 2. The zero-order valence-electron chi connectivity index (χ0n) is 13.0. The number of nitrogens with zero attached hydrogens (tertiary/aromatic N) is 1. The van der Waals surface area contributed by atoms with Crippen LogP contribution in [0.3, 0.4) is 0 Å². The van der Waals surface area contributed by atoms with Crippen molar-refractivity contribution in [2.45, 2.75) is 19.9 Å². The number of benzene rings is 1. The third-order valence-corrected chi connectivity index (χ3v) is 5.00. The fourth-order valence-electron chi connectivity index (χ4n) is 2.46. The molecule has 1 unspecified atom stereocenters. The Bertz CT molecular complexity index is 727. The number of carbonyl (C=O) groups is 2. The number of hydrogen-bond acceptors (Lipinski definition) is 4. The van der Waals surface area contributed by atoms with Crippen molar-refractivity contribution in [3.05, 3.63) is 53.5 Å². The maximum atomic E-state index is 12.6. The lowest BCUT2D eigenvalue weighted by Crippen LogP contribution is -2.44. The molecule has 1 saturated heterocycles. The molecule has 0 saturated carbocycles. The first-order valence-electron chi connectivity index (χ1n) is 7.35. The summed E-state index contributed by atoms with van der Waals surface area (Å²) in [6, 6.07) is 6.94. The van der Waals surface area contributed by atoms with Crippen molar-refractivity contribution in [1.82, 2.24) is 4.90 Å². The van der Waals surface area contributed by atoms with Gasteiger partial charge in [-0.05, 0) is 43.2 Å². The molecular weight excluding hydrogens is 312 g/mol. The van der Waals surface area contributed by atoms with Crippen molar-refractivity contribution >= 4 is 29.3 Å². The summed E-state index contributed by atoms with van der Waals surface area (Å²) in [6.45, 7) is 4.03. The van der Waals surface area contributed by atoms with E-state index in [0.29, 0.717) is 17.2 Å². The van der Waals surface area contributed by atoms with Crippen LogP contribution in [0.4, 0.5) is 5.69 Å². The molecule has 0 bridgehead atoms. The Morgan fingerprint density at radius 2 is 2.09 bits per heavy atom. The van der Waals surface area contributed by atoms with Gasteiger partial charge in [0, 0.05) is 11.4 Å². The molecule has 1 N–H and O–H groups in total. The fourth-order valence-corrected chi connectivity index (χ4v) is 3.61. The molecule has 1 aliphatic heterocycles. The third kappa shape index (κ3) is 3.27. The summed E-state index contributed by atoms with van der Waals surface area (Å²) in [6.07, 6.45) is 2.87. The van der Waals surface area contributed by atoms with Crippen molar-refractivity contribution < 1.29 is 14.0 Å². The average Bonchev–Trinajstić information content (AvgIpc) is 3.21. The van der Waals surface area contributed by atoms with E-state index in [-0.39, 0.29) is 11.8 Å². The van der Waals surface area contributed by atoms with Crippen LogP contribution in [0.2, 0.25) is 0 Å². The summed E-state index contributed by atoms with van der Waals surface area (Å²) in [5.41, 5.74) is 3.52. The quantitative estimate of drug-likeness (QED) is 0.939. The first-order chi connectivity index (χ1) is 11.1. The molecule has 1 atom stereocenters. The third-order valence-electron chi connectivity index (χ3n) is 3.99. The van der Waals surface area contributed by atoms with Crippen LogP contribution in [0.5, 0.6) is 0 Å². The number of aryl methyl sites for hydroxylation is 2. The van der Waals surface area contributed by atoms with Gasteiger partial charge >= 0.3 is 0 Å². The summed E-state index contributed by atoms with van der Waals surface area (Å²) in [4.78, 5) is 26.6. The smallest absolute Gasteiger partial charge is 0.258 e. The van der Waals surface area contributed by atoms with Crippen LogP contribution in [0.25, 0.3) is 0 Å². The van der Waals surface area contributed by atoms with Gasteiger partial charge in [-0.2, -0.15) is 0 Å². The molecule has 2 amide bonds. The van der Waals surface area contributed by atoms with Crippen LogP contribution in [0, 0.1) is 13.8 Å². The van der Waals surface area contributed by atoms with Gasteiger partial charge < -0.3 is 14.6 Å². The van der Waals surface area contributed by atoms with Crippen LogP contribution in [-0.4, -0.2) is 34.4 Å². The predicted molar refractivity (Wildman–Crippen MR) is 90.5 cm³/mol. The first-order valence-corrected chi connectivity index (χ1v) is 8.51. The van der Waals surface area contributed by atoms with E-state index in [9.17, 15) is 9.59 Å². The Balaban J connectivity index is 1.73. The second-order valence-electron chi connectivity index (χ2n) is 5.59. The van der Waals surface area contributed by atoms with Gasteiger partial charge in [0.1, 0.15) is 12.3 Å².